The van der Waals surface area contributed by atoms with Crippen molar-refractivity contribution >= 4 is 17.8 Å². The standard InChI is InChI=1S/C19H29N3O4/c1-3-21-12-7-19(8-13-21)16(14(2)18(25)26-19)17(24)20-9-5-11-22-10-4-6-15(22)23/h3-13H2,1-2H3,(H,20,24). The fraction of sp³-hybridized carbons (Fsp3) is 0.737. The van der Waals surface area contributed by atoms with Crippen LogP contribution in [0.4, 0.5) is 0 Å². The molecule has 7 nitrogen and oxygen atoms in total. The molecule has 3 aliphatic rings. The number of carbonyl (C=O) groups is 3. The van der Waals surface area contributed by atoms with Crippen LogP contribution in [0.5, 0.6) is 0 Å². The minimum atomic E-state index is -0.762. The van der Waals surface area contributed by atoms with Crippen LogP contribution in [0.1, 0.15) is 46.0 Å². The van der Waals surface area contributed by atoms with Gasteiger partial charge in [-0.3, -0.25) is 9.59 Å². The van der Waals surface area contributed by atoms with E-state index in [2.05, 4.69) is 17.1 Å². The van der Waals surface area contributed by atoms with Gasteiger partial charge in [-0.1, -0.05) is 6.92 Å². The lowest BCUT2D eigenvalue weighted by molar-refractivity contribution is -0.150. The molecule has 1 N–H and O–H groups in total. The van der Waals surface area contributed by atoms with Crippen molar-refractivity contribution in [2.75, 3.05) is 39.3 Å². The molecule has 7 heteroatoms. The molecule has 0 aromatic rings. The van der Waals surface area contributed by atoms with E-state index in [0.29, 0.717) is 43.5 Å². The number of hydrogen-bond acceptors (Lipinski definition) is 5. The average molecular weight is 363 g/mol. The number of carbonyl (C=O) groups excluding carboxylic acids is 3. The first-order valence-electron chi connectivity index (χ1n) is 9.70. The van der Waals surface area contributed by atoms with Crippen molar-refractivity contribution in [2.45, 2.75) is 51.6 Å². The summed E-state index contributed by atoms with van der Waals surface area (Å²) in [4.78, 5) is 40.7. The quantitative estimate of drug-likeness (QED) is 0.559. The molecule has 2 amide bonds. The van der Waals surface area contributed by atoms with Crippen LogP contribution in [0.2, 0.25) is 0 Å². The molecule has 0 aromatic heterocycles. The Hall–Kier alpha value is -1.89. The molecule has 0 bridgehead atoms. The number of amides is 2. The maximum absolute atomic E-state index is 12.8. The van der Waals surface area contributed by atoms with Crippen LogP contribution in [-0.4, -0.2) is 72.5 Å². The Balaban J connectivity index is 1.57. The Kier molecular flexibility index (Phi) is 5.65. The third-order valence-corrected chi connectivity index (χ3v) is 5.82. The highest BCUT2D eigenvalue weighted by Crippen LogP contribution is 2.40. The summed E-state index contributed by atoms with van der Waals surface area (Å²) in [5, 5.41) is 2.93. The zero-order valence-electron chi connectivity index (χ0n) is 15.8. The van der Waals surface area contributed by atoms with E-state index in [9.17, 15) is 14.4 Å². The fourth-order valence-electron chi connectivity index (χ4n) is 4.21. The Labute approximate surface area is 154 Å². The normalized spacial score (nSPS) is 23.1. The van der Waals surface area contributed by atoms with E-state index >= 15 is 0 Å². The third kappa shape index (κ3) is 3.63. The van der Waals surface area contributed by atoms with Crippen LogP contribution in [-0.2, 0) is 19.1 Å². The monoisotopic (exact) mass is 363 g/mol. The van der Waals surface area contributed by atoms with Crippen LogP contribution in [0.15, 0.2) is 11.1 Å². The van der Waals surface area contributed by atoms with E-state index in [4.69, 9.17) is 4.74 Å². The molecular formula is C19H29N3O4. The van der Waals surface area contributed by atoms with Gasteiger partial charge in [0.05, 0.1) is 5.57 Å². The van der Waals surface area contributed by atoms with Crippen LogP contribution in [0.25, 0.3) is 0 Å². The van der Waals surface area contributed by atoms with Gasteiger partial charge in [0, 0.05) is 57.6 Å². The predicted molar refractivity (Wildman–Crippen MR) is 96.3 cm³/mol. The molecule has 144 valence electrons. The Morgan fingerprint density at radius 3 is 2.58 bits per heavy atom. The second-order valence-electron chi connectivity index (χ2n) is 7.41. The number of ether oxygens (including phenoxy) is 1. The van der Waals surface area contributed by atoms with Crippen molar-refractivity contribution in [3.8, 4) is 0 Å². The molecule has 0 unspecified atom stereocenters. The van der Waals surface area contributed by atoms with Gasteiger partial charge in [0.2, 0.25) is 5.91 Å². The molecule has 0 atom stereocenters. The third-order valence-electron chi connectivity index (χ3n) is 5.82. The Morgan fingerprint density at radius 1 is 1.23 bits per heavy atom. The van der Waals surface area contributed by atoms with Gasteiger partial charge in [-0.05, 0) is 26.3 Å². The van der Waals surface area contributed by atoms with Gasteiger partial charge in [0.15, 0.2) is 0 Å². The van der Waals surface area contributed by atoms with Gasteiger partial charge in [0.1, 0.15) is 5.60 Å². The summed E-state index contributed by atoms with van der Waals surface area (Å²) in [6.45, 7) is 8.38. The molecule has 0 aromatic carbocycles. The minimum absolute atomic E-state index is 0.200. The lowest BCUT2D eigenvalue weighted by Crippen LogP contribution is -2.48. The van der Waals surface area contributed by atoms with Gasteiger partial charge >= 0.3 is 5.97 Å². The fourth-order valence-corrected chi connectivity index (χ4v) is 4.21. The van der Waals surface area contributed by atoms with Gasteiger partial charge in [-0.15, -0.1) is 0 Å². The van der Waals surface area contributed by atoms with E-state index < -0.39 is 5.60 Å². The van der Waals surface area contributed by atoms with Crippen molar-refractivity contribution < 1.29 is 19.1 Å². The summed E-state index contributed by atoms with van der Waals surface area (Å²) in [6.07, 6.45) is 3.60. The number of piperidine rings is 1. The first-order valence-corrected chi connectivity index (χ1v) is 9.70. The lowest BCUT2D eigenvalue weighted by Gasteiger charge is -2.39. The first kappa shape index (κ1) is 18.9. The molecule has 2 saturated heterocycles. The molecule has 0 aliphatic carbocycles. The van der Waals surface area contributed by atoms with Crippen molar-refractivity contribution in [1.29, 1.82) is 0 Å². The van der Waals surface area contributed by atoms with Gasteiger partial charge in [-0.2, -0.15) is 0 Å². The molecule has 3 heterocycles. The molecule has 26 heavy (non-hydrogen) atoms. The lowest BCUT2D eigenvalue weighted by atomic mass is 9.82. The highest BCUT2D eigenvalue weighted by atomic mass is 16.6. The zero-order chi connectivity index (χ0) is 18.7. The predicted octanol–water partition coefficient (Wildman–Crippen LogP) is 0.843. The molecule has 3 rings (SSSR count). The summed E-state index contributed by atoms with van der Waals surface area (Å²) in [5.74, 6) is -0.375. The maximum Gasteiger partial charge on any atom is 0.335 e. The summed E-state index contributed by atoms with van der Waals surface area (Å²) >= 11 is 0. The largest absolute Gasteiger partial charge is 0.450 e. The molecule has 3 aliphatic heterocycles. The summed E-state index contributed by atoms with van der Waals surface area (Å²) in [7, 11) is 0. The molecule has 1 spiro atoms. The van der Waals surface area contributed by atoms with Crippen molar-refractivity contribution in [1.82, 2.24) is 15.1 Å². The average Bonchev–Trinajstić information content (AvgIpc) is 3.14. The number of likely N-dealkylation sites (tertiary alicyclic amines) is 2. The number of esters is 1. The smallest absolute Gasteiger partial charge is 0.335 e. The van der Waals surface area contributed by atoms with Crippen molar-refractivity contribution in [2.24, 2.45) is 0 Å². The van der Waals surface area contributed by atoms with Crippen LogP contribution >= 0.6 is 0 Å². The first-order chi connectivity index (χ1) is 12.5. The van der Waals surface area contributed by atoms with E-state index in [1.165, 1.54) is 0 Å². The van der Waals surface area contributed by atoms with Crippen LogP contribution in [0, 0.1) is 0 Å². The number of hydrogen-bond donors (Lipinski definition) is 1. The minimum Gasteiger partial charge on any atom is -0.450 e. The van der Waals surface area contributed by atoms with Gasteiger partial charge < -0.3 is 19.9 Å². The van der Waals surface area contributed by atoms with Crippen LogP contribution < -0.4 is 5.32 Å². The second kappa shape index (κ2) is 7.78. The van der Waals surface area contributed by atoms with E-state index in [1.807, 2.05) is 4.90 Å². The summed E-state index contributed by atoms with van der Waals surface area (Å²) in [5.41, 5.74) is 0.180. The SMILES string of the molecule is CCN1CCC2(CC1)OC(=O)C(C)=C2C(=O)NCCCN1CCCC1=O. The number of nitrogens with one attached hydrogen (secondary N) is 1. The summed E-state index contributed by atoms with van der Waals surface area (Å²) < 4.78 is 5.68. The van der Waals surface area contributed by atoms with E-state index in [0.717, 1.165) is 39.0 Å². The molecule has 0 saturated carbocycles. The molecule has 0 radical (unpaired) electrons. The second-order valence-corrected chi connectivity index (χ2v) is 7.41. The van der Waals surface area contributed by atoms with Crippen molar-refractivity contribution in [3.05, 3.63) is 11.1 Å². The number of nitrogens with zero attached hydrogens (tertiary/aromatic N) is 2. The Bertz CT molecular complexity index is 620. The molecule has 2 fully saturated rings. The van der Waals surface area contributed by atoms with Crippen molar-refractivity contribution in [3.63, 3.8) is 0 Å². The van der Waals surface area contributed by atoms with Crippen LogP contribution in [0.3, 0.4) is 0 Å². The van der Waals surface area contributed by atoms with Gasteiger partial charge in [0.25, 0.3) is 5.91 Å². The molecular weight excluding hydrogens is 334 g/mol. The topological polar surface area (TPSA) is 79.0 Å². The highest BCUT2D eigenvalue weighted by molar-refractivity contribution is 6.07. The zero-order valence-corrected chi connectivity index (χ0v) is 15.8. The van der Waals surface area contributed by atoms with E-state index in [1.54, 1.807) is 6.92 Å². The van der Waals surface area contributed by atoms with E-state index in [-0.39, 0.29) is 17.8 Å². The highest BCUT2D eigenvalue weighted by Gasteiger charge is 2.50. The Morgan fingerprint density at radius 2 is 1.96 bits per heavy atom. The summed E-state index contributed by atoms with van der Waals surface area (Å²) in [6, 6.07) is 0. The maximum atomic E-state index is 12.8. The van der Waals surface area contributed by atoms with Gasteiger partial charge in [-0.25, -0.2) is 4.79 Å². The number of rotatable bonds is 6.